The van der Waals surface area contributed by atoms with Crippen LogP contribution in [0.2, 0.25) is 0 Å². The Balaban J connectivity index is 1.74. The van der Waals surface area contributed by atoms with Gasteiger partial charge in [0.1, 0.15) is 11.4 Å². The van der Waals surface area contributed by atoms with Crippen molar-refractivity contribution in [2.75, 3.05) is 25.5 Å². The standard InChI is InChI=1S/C21H21F3N4O/c1-28-10-4-5-14(12-28)25-20-16-7-3-2-6-15(16)19(26-27-20)17-9-8-13(11-18(17)29)21(22,23)24/h2-3,6-9,11,14,29H,4-5,10,12H2,1H3,(H,25,27). The van der Waals surface area contributed by atoms with Crippen molar-refractivity contribution < 1.29 is 18.3 Å². The van der Waals surface area contributed by atoms with Crippen molar-refractivity contribution in [3.8, 4) is 17.0 Å². The molecule has 2 heterocycles. The van der Waals surface area contributed by atoms with Crippen molar-refractivity contribution in [3.05, 3.63) is 48.0 Å². The van der Waals surface area contributed by atoms with E-state index in [0.29, 0.717) is 16.9 Å². The van der Waals surface area contributed by atoms with E-state index in [1.165, 1.54) is 6.07 Å². The molecule has 3 aromatic rings. The maximum atomic E-state index is 12.9. The number of fused-ring (bicyclic) bond motifs is 1. The quantitative estimate of drug-likeness (QED) is 0.674. The second kappa shape index (κ2) is 7.51. The van der Waals surface area contributed by atoms with Crippen LogP contribution in [-0.4, -0.2) is 46.4 Å². The van der Waals surface area contributed by atoms with Gasteiger partial charge in [-0.2, -0.15) is 13.2 Å². The summed E-state index contributed by atoms with van der Waals surface area (Å²) in [7, 11) is 2.08. The van der Waals surface area contributed by atoms with Crippen LogP contribution in [0.5, 0.6) is 5.75 Å². The third-order valence-corrected chi connectivity index (χ3v) is 5.23. The van der Waals surface area contributed by atoms with Gasteiger partial charge in [-0.3, -0.25) is 0 Å². The number of benzene rings is 2. The van der Waals surface area contributed by atoms with E-state index in [0.717, 1.165) is 43.5 Å². The minimum Gasteiger partial charge on any atom is -0.507 e. The molecule has 1 fully saturated rings. The van der Waals surface area contributed by atoms with Crippen LogP contribution in [0.25, 0.3) is 22.0 Å². The van der Waals surface area contributed by atoms with E-state index in [1.54, 1.807) is 0 Å². The zero-order chi connectivity index (χ0) is 20.6. The van der Waals surface area contributed by atoms with Gasteiger partial charge in [0.05, 0.1) is 5.56 Å². The largest absolute Gasteiger partial charge is 0.507 e. The second-order valence-electron chi connectivity index (χ2n) is 7.42. The lowest BCUT2D eigenvalue weighted by molar-refractivity contribution is -0.137. The van der Waals surface area contributed by atoms with Crippen molar-refractivity contribution in [1.82, 2.24) is 15.1 Å². The third kappa shape index (κ3) is 3.98. The molecule has 2 aromatic carbocycles. The Morgan fingerprint density at radius 2 is 1.86 bits per heavy atom. The molecular formula is C21H21F3N4O. The van der Waals surface area contributed by atoms with Crippen LogP contribution in [-0.2, 0) is 6.18 Å². The molecule has 1 unspecified atom stereocenters. The first kappa shape index (κ1) is 19.4. The summed E-state index contributed by atoms with van der Waals surface area (Å²) in [5, 5.41) is 23.8. The van der Waals surface area contributed by atoms with Gasteiger partial charge < -0.3 is 15.3 Å². The van der Waals surface area contributed by atoms with E-state index in [9.17, 15) is 18.3 Å². The fourth-order valence-corrected chi connectivity index (χ4v) is 3.80. The number of anilines is 1. The maximum absolute atomic E-state index is 12.9. The van der Waals surface area contributed by atoms with Crippen molar-refractivity contribution in [2.45, 2.75) is 25.1 Å². The number of hydrogen-bond acceptors (Lipinski definition) is 5. The van der Waals surface area contributed by atoms with Crippen LogP contribution in [0.1, 0.15) is 18.4 Å². The summed E-state index contributed by atoms with van der Waals surface area (Å²) in [5.74, 6) is 0.157. The molecule has 2 N–H and O–H groups in total. The van der Waals surface area contributed by atoms with Gasteiger partial charge in [-0.1, -0.05) is 24.3 Å². The summed E-state index contributed by atoms with van der Waals surface area (Å²) >= 11 is 0. The Labute approximate surface area is 166 Å². The number of likely N-dealkylation sites (N-methyl/N-ethyl adjacent to an activating group) is 1. The molecule has 0 amide bonds. The van der Waals surface area contributed by atoms with Crippen LogP contribution in [0, 0.1) is 0 Å². The Morgan fingerprint density at radius 1 is 1.10 bits per heavy atom. The van der Waals surface area contributed by atoms with Crippen LogP contribution >= 0.6 is 0 Å². The highest BCUT2D eigenvalue weighted by molar-refractivity contribution is 6.00. The predicted octanol–water partition coefficient (Wildman–Crippen LogP) is 4.53. The van der Waals surface area contributed by atoms with E-state index < -0.39 is 17.5 Å². The van der Waals surface area contributed by atoms with Crippen molar-refractivity contribution in [1.29, 1.82) is 0 Å². The zero-order valence-corrected chi connectivity index (χ0v) is 15.9. The molecule has 8 heteroatoms. The lowest BCUT2D eigenvalue weighted by Crippen LogP contribution is -2.40. The number of nitrogens with zero attached hydrogens (tertiary/aromatic N) is 3. The van der Waals surface area contributed by atoms with Gasteiger partial charge in [0.25, 0.3) is 0 Å². The third-order valence-electron chi connectivity index (χ3n) is 5.23. The van der Waals surface area contributed by atoms with Crippen molar-refractivity contribution in [3.63, 3.8) is 0 Å². The molecule has 29 heavy (non-hydrogen) atoms. The summed E-state index contributed by atoms with van der Waals surface area (Å²) in [5.41, 5.74) is -0.348. The second-order valence-corrected chi connectivity index (χ2v) is 7.42. The van der Waals surface area contributed by atoms with Gasteiger partial charge in [-0.15, -0.1) is 10.2 Å². The zero-order valence-electron chi connectivity index (χ0n) is 15.9. The minimum atomic E-state index is -4.52. The highest BCUT2D eigenvalue weighted by Crippen LogP contribution is 2.38. The maximum Gasteiger partial charge on any atom is 0.416 e. The highest BCUT2D eigenvalue weighted by Gasteiger charge is 2.31. The number of phenols is 1. The van der Waals surface area contributed by atoms with Crippen LogP contribution in [0.4, 0.5) is 19.0 Å². The average Bonchev–Trinajstić information content (AvgIpc) is 2.68. The number of rotatable bonds is 3. The number of alkyl halides is 3. The monoisotopic (exact) mass is 402 g/mol. The van der Waals surface area contributed by atoms with E-state index >= 15 is 0 Å². The molecule has 152 valence electrons. The van der Waals surface area contributed by atoms with Gasteiger partial charge in [-0.25, -0.2) is 0 Å². The van der Waals surface area contributed by atoms with Gasteiger partial charge in [0, 0.05) is 28.9 Å². The smallest absolute Gasteiger partial charge is 0.416 e. The lowest BCUT2D eigenvalue weighted by Gasteiger charge is -2.30. The first-order chi connectivity index (χ1) is 13.8. The van der Waals surface area contributed by atoms with E-state index in [4.69, 9.17) is 0 Å². The number of hydrogen-bond donors (Lipinski definition) is 2. The van der Waals surface area contributed by atoms with E-state index in [-0.39, 0.29) is 11.6 Å². The number of aromatic nitrogens is 2. The predicted molar refractivity (Wildman–Crippen MR) is 106 cm³/mol. The van der Waals surface area contributed by atoms with Crippen LogP contribution in [0.3, 0.4) is 0 Å². The fraction of sp³-hybridized carbons (Fsp3) is 0.333. The number of aromatic hydroxyl groups is 1. The molecule has 5 nitrogen and oxygen atoms in total. The molecular weight excluding hydrogens is 381 g/mol. The normalized spacial score (nSPS) is 18.1. The summed E-state index contributed by atoms with van der Waals surface area (Å²) in [4.78, 5) is 2.26. The molecule has 1 atom stereocenters. The molecule has 1 aliphatic heterocycles. The van der Waals surface area contributed by atoms with Crippen molar-refractivity contribution in [2.24, 2.45) is 0 Å². The lowest BCUT2D eigenvalue weighted by atomic mass is 10.0. The topological polar surface area (TPSA) is 61.3 Å². The Hall–Kier alpha value is -2.87. The van der Waals surface area contributed by atoms with Gasteiger partial charge in [0.15, 0.2) is 5.82 Å². The summed E-state index contributed by atoms with van der Waals surface area (Å²) in [6.07, 6.45) is -2.40. The molecule has 0 radical (unpaired) electrons. The molecule has 1 aromatic heterocycles. The molecule has 4 rings (SSSR count). The van der Waals surface area contributed by atoms with E-state index in [2.05, 4.69) is 27.5 Å². The first-order valence-corrected chi connectivity index (χ1v) is 9.44. The minimum absolute atomic E-state index is 0.214. The molecule has 0 bridgehead atoms. The first-order valence-electron chi connectivity index (χ1n) is 9.44. The summed E-state index contributed by atoms with van der Waals surface area (Å²) < 4.78 is 38.7. The molecule has 0 aliphatic carbocycles. The molecule has 1 aliphatic rings. The molecule has 1 saturated heterocycles. The van der Waals surface area contributed by atoms with Crippen LogP contribution in [0.15, 0.2) is 42.5 Å². The molecule has 0 saturated carbocycles. The average molecular weight is 402 g/mol. The van der Waals surface area contributed by atoms with Crippen LogP contribution < -0.4 is 5.32 Å². The van der Waals surface area contributed by atoms with Gasteiger partial charge >= 0.3 is 6.18 Å². The fourth-order valence-electron chi connectivity index (χ4n) is 3.80. The summed E-state index contributed by atoms with van der Waals surface area (Å²) in [6, 6.07) is 10.6. The van der Waals surface area contributed by atoms with Gasteiger partial charge in [-0.05, 0) is 44.6 Å². The van der Waals surface area contributed by atoms with Gasteiger partial charge in [0.2, 0.25) is 0 Å². The van der Waals surface area contributed by atoms with E-state index in [1.807, 2.05) is 24.3 Å². The number of phenolic OH excluding ortho intramolecular Hbond substituents is 1. The highest BCUT2D eigenvalue weighted by atomic mass is 19.4. The summed E-state index contributed by atoms with van der Waals surface area (Å²) in [6.45, 7) is 1.97. The van der Waals surface area contributed by atoms with Crippen molar-refractivity contribution >= 4 is 16.6 Å². The Kier molecular flexibility index (Phi) is 5.04. The number of nitrogens with one attached hydrogen (secondary N) is 1. The Morgan fingerprint density at radius 3 is 2.55 bits per heavy atom. The number of likely N-dealkylation sites (tertiary alicyclic amines) is 1. The Bertz CT molecular complexity index is 1040. The number of piperidine rings is 1. The number of halogens is 3. The SMILES string of the molecule is CN1CCCC(Nc2nnc(-c3ccc(C(F)(F)F)cc3O)c3ccccc23)C1. The molecule has 0 spiro atoms.